The molecule has 0 saturated heterocycles. The highest BCUT2D eigenvalue weighted by Crippen LogP contribution is 2.20. The third kappa shape index (κ3) is 1.16. The Morgan fingerprint density at radius 3 is 3.08 bits per heavy atom. The zero-order chi connectivity index (χ0) is 8.55. The Bertz CT molecular complexity index is 302. The summed E-state index contributed by atoms with van der Waals surface area (Å²) in [4.78, 5) is 16.5. The Kier molecular flexibility index (Phi) is 1.73. The number of pyridine rings is 1. The van der Waals surface area contributed by atoms with Gasteiger partial charge in [0.05, 0.1) is 12.2 Å². The highest BCUT2D eigenvalue weighted by molar-refractivity contribution is 6.62. The van der Waals surface area contributed by atoms with Crippen LogP contribution in [0.3, 0.4) is 0 Å². The van der Waals surface area contributed by atoms with Gasteiger partial charge in [0.2, 0.25) is 0 Å². The van der Waals surface area contributed by atoms with Crippen molar-refractivity contribution in [1.29, 1.82) is 0 Å². The molecule has 2 heterocycles. The fourth-order valence-corrected chi connectivity index (χ4v) is 1.44. The monoisotopic (exact) mass is 182 g/mol. The van der Waals surface area contributed by atoms with Gasteiger partial charge in [-0.05, 0) is 23.2 Å². The smallest absolute Gasteiger partial charge is 0.317 e. The van der Waals surface area contributed by atoms with E-state index in [9.17, 15) is 4.79 Å². The average molecular weight is 183 g/mol. The van der Waals surface area contributed by atoms with Crippen molar-refractivity contribution in [1.82, 2.24) is 9.88 Å². The Balaban J connectivity index is 2.27. The molecule has 1 aliphatic rings. The Labute approximate surface area is 75.0 Å². The lowest BCUT2D eigenvalue weighted by Gasteiger charge is -2.08. The van der Waals surface area contributed by atoms with Crippen molar-refractivity contribution >= 4 is 17.0 Å². The first kappa shape index (κ1) is 7.55. The number of carbonyl (C=O) groups is 1. The van der Waals surface area contributed by atoms with Crippen molar-refractivity contribution in [3.8, 4) is 0 Å². The molecule has 0 saturated carbocycles. The van der Waals surface area contributed by atoms with E-state index in [0.29, 0.717) is 13.1 Å². The fraction of sp³-hybridized carbons (Fsp3) is 0.250. The third-order valence-electron chi connectivity index (χ3n) is 1.93. The lowest BCUT2D eigenvalue weighted by Crippen LogP contribution is -2.18. The largest absolute Gasteiger partial charge is 0.319 e. The minimum absolute atomic E-state index is 0.409. The number of nitrogens with zero attached hydrogens (tertiary/aromatic N) is 2. The maximum absolute atomic E-state index is 10.8. The van der Waals surface area contributed by atoms with Gasteiger partial charge in [-0.3, -0.25) is 9.78 Å². The Morgan fingerprint density at radius 2 is 2.42 bits per heavy atom. The minimum atomic E-state index is -0.409. The van der Waals surface area contributed by atoms with Gasteiger partial charge in [-0.25, -0.2) is 0 Å². The zero-order valence-electron chi connectivity index (χ0n) is 6.33. The second-order valence-electron chi connectivity index (χ2n) is 2.72. The average Bonchev–Trinajstić information content (AvgIpc) is 2.46. The molecule has 1 aromatic rings. The molecular weight excluding hydrogens is 176 g/mol. The van der Waals surface area contributed by atoms with Crippen LogP contribution in [0.5, 0.6) is 0 Å². The van der Waals surface area contributed by atoms with Crippen LogP contribution < -0.4 is 0 Å². The van der Waals surface area contributed by atoms with Crippen LogP contribution in [-0.4, -0.2) is 15.3 Å². The van der Waals surface area contributed by atoms with Crippen molar-refractivity contribution in [2.24, 2.45) is 0 Å². The zero-order valence-corrected chi connectivity index (χ0v) is 7.08. The Hall–Kier alpha value is -1.09. The molecule has 0 spiro atoms. The van der Waals surface area contributed by atoms with E-state index in [-0.39, 0.29) is 0 Å². The van der Waals surface area contributed by atoms with Crippen molar-refractivity contribution in [3.63, 3.8) is 0 Å². The van der Waals surface area contributed by atoms with E-state index in [0.717, 1.165) is 11.3 Å². The summed E-state index contributed by atoms with van der Waals surface area (Å²) in [7, 11) is 0. The standard InChI is InChI=1S/C8H7ClN2O/c9-8(12)11-4-6-2-1-3-10-7(6)5-11/h1-3H,4-5H2. The van der Waals surface area contributed by atoms with E-state index >= 15 is 0 Å². The lowest BCUT2D eigenvalue weighted by molar-refractivity contribution is 0.222. The molecule has 3 nitrogen and oxygen atoms in total. The van der Waals surface area contributed by atoms with Crippen LogP contribution in [0.15, 0.2) is 18.3 Å². The number of aromatic nitrogens is 1. The molecular formula is C8H7ClN2O. The molecule has 0 aromatic carbocycles. The van der Waals surface area contributed by atoms with E-state index in [1.165, 1.54) is 0 Å². The van der Waals surface area contributed by atoms with Crippen LogP contribution in [0.2, 0.25) is 0 Å². The maximum Gasteiger partial charge on any atom is 0.317 e. The minimum Gasteiger partial charge on any atom is -0.319 e. The number of hydrogen-bond acceptors (Lipinski definition) is 2. The summed E-state index contributed by atoms with van der Waals surface area (Å²) in [5.74, 6) is 0. The molecule has 12 heavy (non-hydrogen) atoms. The SMILES string of the molecule is O=C(Cl)N1Cc2cccnc2C1. The van der Waals surface area contributed by atoms with Gasteiger partial charge in [-0.15, -0.1) is 0 Å². The normalized spacial score (nSPS) is 14.6. The van der Waals surface area contributed by atoms with Crippen molar-refractivity contribution in [2.45, 2.75) is 13.1 Å². The van der Waals surface area contributed by atoms with E-state index in [4.69, 9.17) is 11.6 Å². The molecule has 0 aliphatic carbocycles. The van der Waals surface area contributed by atoms with Crippen LogP contribution in [-0.2, 0) is 13.1 Å². The summed E-state index contributed by atoms with van der Waals surface area (Å²) in [6.45, 7) is 1.13. The quantitative estimate of drug-likeness (QED) is 0.453. The fourth-order valence-electron chi connectivity index (χ4n) is 1.32. The number of carbonyl (C=O) groups excluding carboxylic acids is 1. The second kappa shape index (κ2) is 2.75. The molecule has 0 N–H and O–H groups in total. The highest BCUT2D eigenvalue weighted by Gasteiger charge is 2.22. The maximum atomic E-state index is 10.8. The van der Waals surface area contributed by atoms with E-state index < -0.39 is 5.37 Å². The predicted octanol–water partition coefficient (Wildman–Crippen LogP) is 1.76. The van der Waals surface area contributed by atoms with Gasteiger partial charge in [0.15, 0.2) is 0 Å². The van der Waals surface area contributed by atoms with Gasteiger partial charge in [0.1, 0.15) is 0 Å². The topological polar surface area (TPSA) is 33.2 Å². The molecule has 0 fully saturated rings. The van der Waals surface area contributed by atoms with Gasteiger partial charge < -0.3 is 4.90 Å². The number of rotatable bonds is 0. The molecule has 0 unspecified atom stereocenters. The summed E-state index contributed by atoms with van der Waals surface area (Å²) in [5, 5.41) is -0.409. The predicted molar refractivity (Wildman–Crippen MR) is 44.7 cm³/mol. The number of fused-ring (bicyclic) bond motifs is 1. The van der Waals surface area contributed by atoms with Crippen LogP contribution >= 0.6 is 11.6 Å². The van der Waals surface area contributed by atoms with Gasteiger partial charge in [-0.2, -0.15) is 0 Å². The van der Waals surface area contributed by atoms with Gasteiger partial charge in [0, 0.05) is 12.7 Å². The third-order valence-corrected chi connectivity index (χ3v) is 2.17. The van der Waals surface area contributed by atoms with Crippen LogP contribution in [0.1, 0.15) is 11.3 Å². The first-order valence-corrected chi connectivity index (χ1v) is 4.02. The van der Waals surface area contributed by atoms with Gasteiger partial charge >= 0.3 is 5.37 Å². The number of amides is 1. The number of halogens is 1. The highest BCUT2D eigenvalue weighted by atomic mass is 35.5. The van der Waals surface area contributed by atoms with E-state index in [2.05, 4.69) is 4.98 Å². The van der Waals surface area contributed by atoms with Crippen LogP contribution in [0, 0.1) is 0 Å². The first-order chi connectivity index (χ1) is 5.77. The van der Waals surface area contributed by atoms with E-state index in [1.807, 2.05) is 12.1 Å². The molecule has 0 bridgehead atoms. The summed E-state index contributed by atoms with van der Waals surface area (Å²) in [6.07, 6.45) is 1.72. The van der Waals surface area contributed by atoms with E-state index in [1.54, 1.807) is 11.1 Å². The summed E-state index contributed by atoms with van der Waals surface area (Å²) in [5.41, 5.74) is 2.04. The Morgan fingerprint density at radius 1 is 1.58 bits per heavy atom. The molecule has 62 valence electrons. The lowest BCUT2D eigenvalue weighted by atomic mass is 10.2. The first-order valence-electron chi connectivity index (χ1n) is 3.64. The second-order valence-corrected chi connectivity index (χ2v) is 3.04. The molecule has 1 amide bonds. The summed E-state index contributed by atoms with van der Waals surface area (Å²) >= 11 is 5.33. The molecule has 2 rings (SSSR count). The summed E-state index contributed by atoms with van der Waals surface area (Å²) < 4.78 is 0. The molecule has 4 heteroatoms. The summed E-state index contributed by atoms with van der Waals surface area (Å²) in [6, 6.07) is 3.82. The van der Waals surface area contributed by atoms with Crippen molar-refractivity contribution < 1.29 is 4.79 Å². The van der Waals surface area contributed by atoms with Crippen LogP contribution in [0.25, 0.3) is 0 Å². The van der Waals surface area contributed by atoms with Crippen molar-refractivity contribution in [2.75, 3.05) is 0 Å². The molecule has 1 aliphatic heterocycles. The van der Waals surface area contributed by atoms with Crippen LogP contribution in [0.4, 0.5) is 4.79 Å². The molecule has 0 radical (unpaired) electrons. The van der Waals surface area contributed by atoms with Crippen molar-refractivity contribution in [3.05, 3.63) is 29.6 Å². The van der Waals surface area contributed by atoms with Gasteiger partial charge in [-0.1, -0.05) is 6.07 Å². The molecule has 1 aromatic heterocycles. The molecule has 0 atom stereocenters. The van der Waals surface area contributed by atoms with Gasteiger partial charge in [0.25, 0.3) is 0 Å². The number of hydrogen-bond donors (Lipinski definition) is 0.